The highest BCUT2D eigenvalue weighted by molar-refractivity contribution is 5.73. The maximum Gasteiger partial charge on any atom is 0.490 e. The molecular weight excluding hydrogens is 552 g/mol. The number of nitrogens with zero attached hydrogens (tertiary/aromatic N) is 3. The van der Waals surface area contributed by atoms with Gasteiger partial charge in [-0.3, -0.25) is 9.88 Å². The van der Waals surface area contributed by atoms with Crippen LogP contribution >= 0.6 is 0 Å². The van der Waals surface area contributed by atoms with Crippen LogP contribution in [0.4, 0.5) is 32.0 Å². The average Bonchev–Trinajstić information content (AvgIpc) is 2.89. The summed E-state index contributed by atoms with van der Waals surface area (Å²) in [7, 11) is 1.71. The smallest absolute Gasteiger partial charge is 0.490 e. The summed E-state index contributed by atoms with van der Waals surface area (Å²) in [5, 5.41) is 14.2. The number of alkyl halides is 6. The zero-order valence-corrected chi connectivity index (χ0v) is 21.4. The largest absolute Gasteiger partial charge is 0.497 e. The normalized spacial score (nSPS) is 19.5. The van der Waals surface area contributed by atoms with Crippen LogP contribution in [0, 0.1) is 0 Å². The van der Waals surface area contributed by atoms with Crippen molar-refractivity contribution in [3.05, 3.63) is 54.4 Å². The lowest BCUT2D eigenvalue weighted by Crippen LogP contribution is -2.59. The first-order valence-electron chi connectivity index (χ1n) is 11.9. The SMILES string of the molecule is COc1ccc(N2CCCC3(CN(Cc4cccnc4)CCO3)C2)cc1.O=C(O)C(F)(F)F.O=C(O)C(F)(F)F. The lowest BCUT2D eigenvalue weighted by atomic mass is 9.90. The van der Waals surface area contributed by atoms with Crippen LogP contribution in [-0.4, -0.2) is 89.9 Å². The van der Waals surface area contributed by atoms with E-state index in [4.69, 9.17) is 29.3 Å². The van der Waals surface area contributed by atoms with E-state index >= 15 is 0 Å². The number of methoxy groups -OCH3 is 1. The third kappa shape index (κ3) is 10.5. The number of rotatable bonds is 4. The van der Waals surface area contributed by atoms with Crippen molar-refractivity contribution in [2.24, 2.45) is 0 Å². The number of piperidine rings is 1. The number of ether oxygens (including phenoxy) is 2. The second-order valence-corrected chi connectivity index (χ2v) is 8.93. The fraction of sp³-hybridized carbons (Fsp3) is 0.480. The molecule has 15 heteroatoms. The van der Waals surface area contributed by atoms with Crippen LogP contribution in [-0.2, 0) is 20.9 Å². The Hall–Kier alpha value is -3.59. The molecule has 0 radical (unpaired) electrons. The highest BCUT2D eigenvalue weighted by Crippen LogP contribution is 2.32. The number of aromatic nitrogens is 1. The third-order valence-electron chi connectivity index (χ3n) is 5.92. The van der Waals surface area contributed by atoms with Gasteiger partial charge >= 0.3 is 24.3 Å². The zero-order chi connectivity index (χ0) is 30.0. The number of aliphatic carboxylic acids is 2. The molecule has 2 aliphatic heterocycles. The van der Waals surface area contributed by atoms with Gasteiger partial charge in [0.05, 0.1) is 19.3 Å². The van der Waals surface area contributed by atoms with E-state index in [0.29, 0.717) is 0 Å². The van der Waals surface area contributed by atoms with Crippen LogP contribution in [0.25, 0.3) is 0 Å². The number of hydrogen-bond donors (Lipinski definition) is 2. The molecule has 1 atom stereocenters. The fourth-order valence-electron chi connectivity index (χ4n) is 4.17. The van der Waals surface area contributed by atoms with E-state index in [1.165, 1.54) is 11.3 Å². The van der Waals surface area contributed by atoms with E-state index in [2.05, 4.69) is 33.0 Å². The number of carbonyl (C=O) groups is 2. The number of anilines is 1. The van der Waals surface area contributed by atoms with Crippen molar-refractivity contribution in [1.82, 2.24) is 9.88 Å². The Balaban J connectivity index is 0.000000333. The van der Waals surface area contributed by atoms with Crippen molar-refractivity contribution in [3.8, 4) is 5.75 Å². The van der Waals surface area contributed by atoms with E-state index in [1.54, 1.807) is 7.11 Å². The minimum atomic E-state index is -5.08. The Morgan fingerprint density at radius 2 is 1.60 bits per heavy atom. The van der Waals surface area contributed by atoms with Crippen LogP contribution in [0.5, 0.6) is 5.75 Å². The summed E-state index contributed by atoms with van der Waals surface area (Å²) < 4.78 is 75.1. The van der Waals surface area contributed by atoms with Gasteiger partial charge in [-0.15, -0.1) is 0 Å². The summed E-state index contributed by atoms with van der Waals surface area (Å²) >= 11 is 0. The molecule has 9 nitrogen and oxygen atoms in total. The monoisotopic (exact) mass is 581 g/mol. The van der Waals surface area contributed by atoms with Crippen LogP contribution < -0.4 is 9.64 Å². The number of hydrogen-bond acceptors (Lipinski definition) is 7. The molecule has 0 amide bonds. The van der Waals surface area contributed by atoms with E-state index in [9.17, 15) is 26.3 Å². The fourth-order valence-corrected chi connectivity index (χ4v) is 4.17. The highest BCUT2D eigenvalue weighted by Gasteiger charge is 2.41. The maximum absolute atomic E-state index is 10.6. The lowest BCUT2D eigenvalue weighted by molar-refractivity contribution is -0.193. The molecule has 2 saturated heterocycles. The molecule has 2 aromatic rings. The molecule has 1 spiro atoms. The average molecular weight is 582 g/mol. The van der Waals surface area contributed by atoms with Crippen LogP contribution in [0.3, 0.4) is 0 Å². The predicted molar refractivity (Wildman–Crippen MR) is 130 cm³/mol. The second-order valence-electron chi connectivity index (χ2n) is 8.93. The summed E-state index contributed by atoms with van der Waals surface area (Å²) in [6.45, 7) is 5.74. The number of carboxylic acid groups (broad SMARTS) is 2. The van der Waals surface area contributed by atoms with E-state index in [-0.39, 0.29) is 5.60 Å². The molecule has 40 heavy (non-hydrogen) atoms. The number of benzene rings is 1. The zero-order valence-electron chi connectivity index (χ0n) is 21.4. The van der Waals surface area contributed by atoms with Gasteiger partial charge in [0.15, 0.2) is 0 Å². The van der Waals surface area contributed by atoms with Gasteiger partial charge in [0, 0.05) is 50.8 Å². The van der Waals surface area contributed by atoms with Crippen molar-refractivity contribution < 1.29 is 55.6 Å². The molecule has 0 saturated carbocycles. The summed E-state index contributed by atoms with van der Waals surface area (Å²) in [6.07, 6.45) is -4.08. The molecule has 1 unspecified atom stereocenters. The van der Waals surface area contributed by atoms with Crippen molar-refractivity contribution >= 4 is 17.6 Å². The molecule has 4 rings (SSSR count). The predicted octanol–water partition coefficient (Wildman–Crippen LogP) is 4.23. The number of pyridine rings is 1. The summed E-state index contributed by atoms with van der Waals surface area (Å²) in [5.41, 5.74) is 2.45. The molecule has 2 fully saturated rings. The Labute approximate surface area is 225 Å². The Morgan fingerprint density at radius 1 is 1.00 bits per heavy atom. The molecule has 0 bridgehead atoms. The van der Waals surface area contributed by atoms with Crippen molar-refractivity contribution in [2.75, 3.05) is 44.8 Å². The van der Waals surface area contributed by atoms with Gasteiger partial charge in [-0.1, -0.05) is 6.07 Å². The van der Waals surface area contributed by atoms with Gasteiger partial charge in [-0.25, -0.2) is 9.59 Å². The summed E-state index contributed by atoms with van der Waals surface area (Å²) in [6, 6.07) is 12.5. The molecule has 1 aromatic carbocycles. The van der Waals surface area contributed by atoms with Gasteiger partial charge in [-0.05, 0) is 48.7 Å². The minimum absolute atomic E-state index is 0.0708. The lowest BCUT2D eigenvalue weighted by Gasteiger charge is -2.48. The van der Waals surface area contributed by atoms with E-state index in [0.717, 1.165) is 57.9 Å². The standard InChI is InChI=1S/C21H27N3O2.2C2HF3O2/c1-25-20-7-5-19(6-8-20)24-11-3-9-21(17-24)16-23(12-13-26-21)15-18-4-2-10-22-14-18;2*3-2(4,5)1(6)7/h2,4-8,10,14H,3,9,11-13,15-17H2,1H3;2*(H,6,7). The first-order valence-corrected chi connectivity index (χ1v) is 11.9. The van der Waals surface area contributed by atoms with Crippen LogP contribution in [0.1, 0.15) is 18.4 Å². The number of carboxylic acids is 2. The van der Waals surface area contributed by atoms with Gasteiger partial charge in [-0.2, -0.15) is 26.3 Å². The Bertz CT molecular complexity index is 1060. The van der Waals surface area contributed by atoms with Crippen LogP contribution in [0.2, 0.25) is 0 Å². The van der Waals surface area contributed by atoms with Crippen molar-refractivity contribution in [1.29, 1.82) is 0 Å². The quantitative estimate of drug-likeness (QED) is 0.513. The molecule has 2 N–H and O–H groups in total. The van der Waals surface area contributed by atoms with Crippen LogP contribution in [0.15, 0.2) is 48.8 Å². The summed E-state index contributed by atoms with van der Waals surface area (Å²) in [4.78, 5) is 27.0. The molecule has 1 aromatic heterocycles. The topological polar surface area (TPSA) is 112 Å². The molecule has 222 valence electrons. The van der Waals surface area contributed by atoms with Gasteiger partial charge in [0.25, 0.3) is 0 Å². The van der Waals surface area contributed by atoms with Crippen molar-refractivity contribution in [2.45, 2.75) is 37.3 Å². The second kappa shape index (κ2) is 14.2. The Morgan fingerprint density at radius 3 is 2.10 bits per heavy atom. The van der Waals surface area contributed by atoms with Crippen molar-refractivity contribution in [3.63, 3.8) is 0 Å². The van der Waals surface area contributed by atoms with Gasteiger partial charge < -0.3 is 24.6 Å². The van der Waals surface area contributed by atoms with Gasteiger partial charge in [0.1, 0.15) is 5.75 Å². The first-order chi connectivity index (χ1) is 18.6. The molecule has 3 heterocycles. The first kappa shape index (κ1) is 32.6. The third-order valence-corrected chi connectivity index (χ3v) is 5.92. The van der Waals surface area contributed by atoms with Gasteiger partial charge in [0.2, 0.25) is 0 Å². The number of halogens is 6. The van der Waals surface area contributed by atoms with E-state index in [1.807, 2.05) is 30.6 Å². The molecule has 0 aliphatic carbocycles. The summed E-state index contributed by atoms with van der Waals surface area (Å²) in [5.74, 6) is -4.61. The Kier molecular flexibility index (Phi) is 11.5. The highest BCUT2D eigenvalue weighted by atomic mass is 19.4. The molecule has 2 aliphatic rings. The minimum Gasteiger partial charge on any atom is -0.497 e. The number of morpholine rings is 1. The maximum atomic E-state index is 10.6. The van der Waals surface area contributed by atoms with E-state index < -0.39 is 24.3 Å². The molecular formula is C25H29F6N3O6.